The van der Waals surface area contributed by atoms with Crippen LogP contribution in [0.5, 0.6) is 0 Å². The Morgan fingerprint density at radius 3 is 2.71 bits per heavy atom. The van der Waals surface area contributed by atoms with Crippen LogP contribution in [0.3, 0.4) is 0 Å². The number of benzene rings is 1. The maximum atomic E-state index is 5.92. The molecular formula is C17H23ClN2S. The van der Waals surface area contributed by atoms with Crippen molar-refractivity contribution in [2.24, 2.45) is 0 Å². The number of imidazole rings is 1. The molecule has 1 unspecified atom stereocenters. The third kappa shape index (κ3) is 5.76. The Morgan fingerprint density at radius 1 is 1.24 bits per heavy atom. The van der Waals surface area contributed by atoms with Crippen molar-refractivity contribution in [1.82, 2.24) is 9.55 Å². The van der Waals surface area contributed by atoms with Gasteiger partial charge >= 0.3 is 0 Å². The summed E-state index contributed by atoms with van der Waals surface area (Å²) in [5, 5.41) is 0.805. The topological polar surface area (TPSA) is 17.8 Å². The molecule has 2 rings (SSSR count). The van der Waals surface area contributed by atoms with E-state index in [4.69, 9.17) is 11.6 Å². The van der Waals surface area contributed by atoms with Crippen LogP contribution in [0.1, 0.15) is 44.2 Å². The molecule has 21 heavy (non-hydrogen) atoms. The van der Waals surface area contributed by atoms with Gasteiger partial charge in [-0.05, 0) is 24.1 Å². The Hall–Kier alpha value is -0.930. The Bertz CT molecular complexity index is 496. The van der Waals surface area contributed by atoms with Crippen molar-refractivity contribution in [3.8, 4) is 0 Å². The highest BCUT2D eigenvalue weighted by Gasteiger charge is 2.10. The third-order valence-electron chi connectivity index (χ3n) is 3.58. The molecule has 4 heteroatoms. The van der Waals surface area contributed by atoms with Gasteiger partial charge in [0.05, 0.1) is 6.33 Å². The van der Waals surface area contributed by atoms with E-state index in [1.54, 1.807) is 0 Å². The monoisotopic (exact) mass is 322 g/mol. The minimum absolute atomic E-state index is 0.552. The Kier molecular flexibility index (Phi) is 7.17. The smallest absolute Gasteiger partial charge is 0.0948 e. The van der Waals surface area contributed by atoms with Crippen molar-refractivity contribution in [2.75, 3.05) is 5.75 Å². The molecule has 2 nitrogen and oxygen atoms in total. The second-order valence-corrected chi connectivity index (χ2v) is 6.77. The van der Waals surface area contributed by atoms with Crippen molar-refractivity contribution >= 4 is 23.4 Å². The molecule has 0 aliphatic heterocycles. The minimum atomic E-state index is 0.552. The molecule has 0 saturated carbocycles. The van der Waals surface area contributed by atoms with E-state index in [2.05, 4.69) is 34.8 Å². The summed E-state index contributed by atoms with van der Waals surface area (Å²) in [6.45, 7) is 2.25. The summed E-state index contributed by atoms with van der Waals surface area (Å²) in [4.78, 5) is 4.19. The van der Waals surface area contributed by atoms with Crippen molar-refractivity contribution < 1.29 is 0 Å². The standard InChI is InChI=1S/C17H23ClN2S/c1-2-3-4-5-17(20-11-10-19-14-20)13-21-12-15-6-8-16(18)9-7-15/h6-11,14,17H,2-5,12-13H2,1H3. The summed E-state index contributed by atoms with van der Waals surface area (Å²) >= 11 is 7.90. The number of aromatic nitrogens is 2. The van der Waals surface area contributed by atoms with Crippen LogP contribution in [0.2, 0.25) is 5.02 Å². The van der Waals surface area contributed by atoms with Gasteiger partial charge < -0.3 is 4.57 Å². The van der Waals surface area contributed by atoms with E-state index in [1.807, 2.05) is 36.4 Å². The summed E-state index contributed by atoms with van der Waals surface area (Å²) in [5.41, 5.74) is 1.34. The SMILES string of the molecule is CCCCCC(CSCc1ccc(Cl)cc1)n1ccnc1. The van der Waals surface area contributed by atoms with E-state index in [-0.39, 0.29) is 0 Å². The van der Waals surface area contributed by atoms with E-state index in [9.17, 15) is 0 Å². The van der Waals surface area contributed by atoms with E-state index >= 15 is 0 Å². The number of unbranched alkanes of at least 4 members (excludes halogenated alkanes) is 2. The lowest BCUT2D eigenvalue weighted by atomic mass is 10.1. The molecule has 0 spiro atoms. The van der Waals surface area contributed by atoms with Crippen LogP contribution in [0, 0.1) is 0 Å². The van der Waals surface area contributed by atoms with Gasteiger partial charge in [0.1, 0.15) is 0 Å². The van der Waals surface area contributed by atoms with Gasteiger partial charge in [0, 0.05) is 35.0 Å². The first-order valence-electron chi connectivity index (χ1n) is 7.59. The average molecular weight is 323 g/mol. The Labute approximate surface area is 136 Å². The molecule has 0 saturated heterocycles. The highest BCUT2D eigenvalue weighted by atomic mass is 35.5. The van der Waals surface area contributed by atoms with Gasteiger partial charge in [0.25, 0.3) is 0 Å². The number of hydrogen-bond acceptors (Lipinski definition) is 2. The second kappa shape index (κ2) is 9.16. The van der Waals surface area contributed by atoms with Crippen molar-refractivity contribution in [3.63, 3.8) is 0 Å². The summed E-state index contributed by atoms with van der Waals surface area (Å²) in [6.07, 6.45) is 11.0. The highest BCUT2D eigenvalue weighted by molar-refractivity contribution is 7.98. The predicted octanol–water partition coefficient (Wildman–Crippen LogP) is 5.59. The predicted molar refractivity (Wildman–Crippen MR) is 93.0 cm³/mol. The van der Waals surface area contributed by atoms with E-state index in [0.717, 1.165) is 16.5 Å². The zero-order valence-corrected chi connectivity index (χ0v) is 14.1. The second-order valence-electron chi connectivity index (χ2n) is 5.30. The summed E-state index contributed by atoms with van der Waals surface area (Å²) < 4.78 is 2.25. The number of nitrogens with zero attached hydrogens (tertiary/aromatic N) is 2. The van der Waals surface area contributed by atoms with Crippen LogP contribution in [-0.2, 0) is 5.75 Å². The fraction of sp³-hybridized carbons (Fsp3) is 0.471. The van der Waals surface area contributed by atoms with Crippen LogP contribution in [0.4, 0.5) is 0 Å². The van der Waals surface area contributed by atoms with Crippen molar-refractivity contribution in [2.45, 2.75) is 44.4 Å². The molecule has 2 aromatic rings. The van der Waals surface area contributed by atoms with Crippen molar-refractivity contribution in [1.29, 1.82) is 0 Å². The highest BCUT2D eigenvalue weighted by Crippen LogP contribution is 2.24. The van der Waals surface area contributed by atoms with Crippen molar-refractivity contribution in [3.05, 3.63) is 53.6 Å². The van der Waals surface area contributed by atoms with Gasteiger partial charge in [-0.15, -0.1) is 0 Å². The van der Waals surface area contributed by atoms with Crippen LogP contribution in [-0.4, -0.2) is 15.3 Å². The maximum absolute atomic E-state index is 5.92. The first-order chi connectivity index (χ1) is 10.3. The van der Waals surface area contributed by atoms with Crippen LogP contribution < -0.4 is 0 Å². The average Bonchev–Trinajstić information content (AvgIpc) is 3.02. The quantitative estimate of drug-likeness (QED) is 0.560. The van der Waals surface area contributed by atoms with E-state index in [1.165, 1.54) is 31.2 Å². The lowest BCUT2D eigenvalue weighted by molar-refractivity contribution is 0.483. The molecule has 1 atom stereocenters. The lowest BCUT2D eigenvalue weighted by Crippen LogP contribution is -2.10. The summed E-state index contributed by atoms with van der Waals surface area (Å²) in [7, 11) is 0. The first kappa shape index (κ1) is 16.4. The van der Waals surface area contributed by atoms with Gasteiger partial charge in [-0.3, -0.25) is 0 Å². The van der Waals surface area contributed by atoms with Gasteiger partial charge in [-0.25, -0.2) is 4.98 Å². The molecule has 0 aliphatic rings. The molecule has 0 N–H and O–H groups in total. The normalized spacial score (nSPS) is 12.5. The van der Waals surface area contributed by atoms with E-state index in [0.29, 0.717) is 6.04 Å². The molecule has 1 aromatic heterocycles. The number of hydrogen-bond donors (Lipinski definition) is 0. The fourth-order valence-electron chi connectivity index (χ4n) is 2.33. The van der Waals surface area contributed by atoms with Gasteiger partial charge in [0.15, 0.2) is 0 Å². The van der Waals surface area contributed by atoms with Crippen LogP contribution in [0.25, 0.3) is 0 Å². The molecule has 1 aromatic carbocycles. The largest absolute Gasteiger partial charge is 0.334 e. The molecule has 114 valence electrons. The lowest BCUT2D eigenvalue weighted by Gasteiger charge is -2.18. The molecule has 1 heterocycles. The fourth-order valence-corrected chi connectivity index (χ4v) is 3.61. The number of thioether (sulfide) groups is 1. The van der Waals surface area contributed by atoms with Crippen LogP contribution in [0.15, 0.2) is 43.0 Å². The summed E-state index contributed by atoms with van der Waals surface area (Å²) in [6, 6.07) is 8.70. The number of rotatable bonds is 9. The zero-order chi connectivity index (χ0) is 14.9. The molecule has 0 aliphatic carbocycles. The number of halogens is 1. The van der Waals surface area contributed by atoms with Gasteiger partial charge in [-0.2, -0.15) is 11.8 Å². The molecule has 0 fully saturated rings. The van der Waals surface area contributed by atoms with Gasteiger partial charge in [0.2, 0.25) is 0 Å². The molecule has 0 amide bonds. The third-order valence-corrected chi connectivity index (χ3v) is 4.99. The summed E-state index contributed by atoms with van der Waals surface area (Å²) in [5.74, 6) is 2.17. The molecule has 0 bridgehead atoms. The Morgan fingerprint density at radius 2 is 2.05 bits per heavy atom. The van der Waals surface area contributed by atoms with Gasteiger partial charge in [-0.1, -0.05) is 49.9 Å². The Balaban J connectivity index is 1.82. The molecule has 0 radical (unpaired) electrons. The minimum Gasteiger partial charge on any atom is -0.334 e. The maximum Gasteiger partial charge on any atom is 0.0948 e. The van der Waals surface area contributed by atoms with Crippen LogP contribution >= 0.6 is 23.4 Å². The van der Waals surface area contributed by atoms with E-state index < -0.39 is 0 Å². The molecular weight excluding hydrogens is 300 g/mol. The zero-order valence-electron chi connectivity index (χ0n) is 12.5. The first-order valence-corrected chi connectivity index (χ1v) is 9.12.